The molecule has 4 rings (SSSR count). The summed E-state index contributed by atoms with van der Waals surface area (Å²) in [5, 5.41) is 2.84. The first-order valence-corrected chi connectivity index (χ1v) is 11.0. The SMILES string of the molecule is O=C(NCCCCCC(=O)N1CCCC[C@H]1c1nc2ccccc2[nH]1)c1cnccn1. The molecule has 0 saturated carbocycles. The molecule has 0 radical (unpaired) electrons. The fourth-order valence-electron chi connectivity index (χ4n) is 4.08. The number of hydrogen-bond acceptors (Lipinski definition) is 5. The predicted octanol–water partition coefficient (Wildman–Crippen LogP) is 3.40. The summed E-state index contributed by atoms with van der Waals surface area (Å²) in [6, 6.07) is 8.01. The van der Waals surface area contributed by atoms with Gasteiger partial charge in [-0.25, -0.2) is 9.97 Å². The molecule has 3 heterocycles. The third-order valence-electron chi connectivity index (χ3n) is 5.70. The second-order valence-electron chi connectivity index (χ2n) is 7.90. The first-order valence-electron chi connectivity index (χ1n) is 11.0. The Kier molecular flexibility index (Phi) is 6.86. The van der Waals surface area contributed by atoms with Gasteiger partial charge in [-0.15, -0.1) is 0 Å². The van der Waals surface area contributed by atoms with Gasteiger partial charge >= 0.3 is 0 Å². The van der Waals surface area contributed by atoms with Gasteiger partial charge in [-0.1, -0.05) is 18.6 Å². The van der Waals surface area contributed by atoms with Crippen molar-refractivity contribution in [1.29, 1.82) is 0 Å². The molecule has 0 spiro atoms. The minimum absolute atomic E-state index is 0.0277. The van der Waals surface area contributed by atoms with Gasteiger partial charge in [-0.3, -0.25) is 14.6 Å². The molecule has 0 unspecified atom stereocenters. The Labute approximate surface area is 181 Å². The van der Waals surface area contributed by atoms with Crippen LogP contribution in [0.25, 0.3) is 11.0 Å². The van der Waals surface area contributed by atoms with Crippen molar-refractivity contribution in [2.45, 2.75) is 51.0 Å². The number of likely N-dealkylation sites (tertiary alicyclic amines) is 1. The van der Waals surface area contributed by atoms with Crippen molar-refractivity contribution in [1.82, 2.24) is 30.2 Å². The molecule has 0 bridgehead atoms. The lowest BCUT2D eigenvalue weighted by molar-refractivity contribution is -0.135. The molecule has 1 aliphatic heterocycles. The number of nitrogens with zero attached hydrogens (tertiary/aromatic N) is 4. The minimum Gasteiger partial charge on any atom is -0.351 e. The first kappa shape index (κ1) is 21.0. The van der Waals surface area contributed by atoms with Gasteiger partial charge < -0.3 is 15.2 Å². The second kappa shape index (κ2) is 10.1. The predicted molar refractivity (Wildman–Crippen MR) is 117 cm³/mol. The van der Waals surface area contributed by atoms with Crippen molar-refractivity contribution < 1.29 is 9.59 Å². The Hall–Kier alpha value is -3.29. The number of para-hydroxylation sites is 2. The highest BCUT2D eigenvalue weighted by Crippen LogP contribution is 2.31. The zero-order valence-electron chi connectivity index (χ0n) is 17.6. The van der Waals surface area contributed by atoms with Crippen LogP contribution in [-0.2, 0) is 4.79 Å². The van der Waals surface area contributed by atoms with Gasteiger partial charge in [0, 0.05) is 31.9 Å². The monoisotopic (exact) mass is 420 g/mol. The van der Waals surface area contributed by atoms with Crippen LogP contribution < -0.4 is 5.32 Å². The molecule has 3 aromatic rings. The van der Waals surface area contributed by atoms with E-state index in [1.54, 1.807) is 0 Å². The van der Waals surface area contributed by atoms with Gasteiger partial charge in [0.25, 0.3) is 5.91 Å². The summed E-state index contributed by atoms with van der Waals surface area (Å²) in [6.45, 7) is 1.35. The fourth-order valence-corrected chi connectivity index (χ4v) is 4.08. The van der Waals surface area contributed by atoms with Crippen molar-refractivity contribution in [2.75, 3.05) is 13.1 Å². The molecule has 1 aliphatic rings. The maximum atomic E-state index is 12.9. The van der Waals surface area contributed by atoms with E-state index < -0.39 is 0 Å². The van der Waals surface area contributed by atoms with Crippen LogP contribution in [0.5, 0.6) is 0 Å². The molecular formula is C23H28N6O2. The number of nitrogens with one attached hydrogen (secondary N) is 2. The highest BCUT2D eigenvalue weighted by atomic mass is 16.2. The van der Waals surface area contributed by atoms with E-state index in [0.717, 1.165) is 61.9 Å². The quantitative estimate of drug-likeness (QED) is 0.544. The molecular weight excluding hydrogens is 392 g/mol. The summed E-state index contributed by atoms with van der Waals surface area (Å²) in [4.78, 5) is 42.9. The zero-order valence-corrected chi connectivity index (χ0v) is 17.6. The van der Waals surface area contributed by atoms with Crippen molar-refractivity contribution >= 4 is 22.8 Å². The molecule has 2 aromatic heterocycles. The number of piperidine rings is 1. The maximum Gasteiger partial charge on any atom is 0.271 e. The number of imidazole rings is 1. The lowest BCUT2D eigenvalue weighted by Gasteiger charge is -2.34. The van der Waals surface area contributed by atoms with E-state index in [1.807, 2.05) is 29.2 Å². The highest BCUT2D eigenvalue weighted by Gasteiger charge is 2.29. The average molecular weight is 421 g/mol. The lowest BCUT2D eigenvalue weighted by Crippen LogP contribution is -2.38. The summed E-state index contributed by atoms with van der Waals surface area (Å²) in [7, 11) is 0. The summed E-state index contributed by atoms with van der Waals surface area (Å²) in [6.07, 6.45) is 10.6. The minimum atomic E-state index is -0.217. The summed E-state index contributed by atoms with van der Waals surface area (Å²) < 4.78 is 0. The number of benzene rings is 1. The third kappa shape index (κ3) is 5.25. The number of fused-ring (bicyclic) bond motifs is 1. The van der Waals surface area contributed by atoms with E-state index in [4.69, 9.17) is 4.98 Å². The number of amides is 2. The van der Waals surface area contributed by atoms with Gasteiger partial charge in [0.15, 0.2) is 0 Å². The van der Waals surface area contributed by atoms with Crippen molar-refractivity contribution in [3.8, 4) is 0 Å². The van der Waals surface area contributed by atoms with Crippen LogP contribution in [-0.4, -0.2) is 49.7 Å². The van der Waals surface area contributed by atoms with Crippen LogP contribution in [0.2, 0.25) is 0 Å². The molecule has 8 nitrogen and oxygen atoms in total. The average Bonchev–Trinajstić information content (AvgIpc) is 3.26. The number of carbonyl (C=O) groups is 2. The second-order valence-corrected chi connectivity index (χ2v) is 7.90. The number of aromatic nitrogens is 4. The Morgan fingerprint density at radius 1 is 1.13 bits per heavy atom. The molecule has 2 N–H and O–H groups in total. The Morgan fingerprint density at radius 3 is 2.87 bits per heavy atom. The van der Waals surface area contributed by atoms with E-state index in [9.17, 15) is 9.59 Å². The number of H-pyrrole nitrogens is 1. The maximum absolute atomic E-state index is 12.9. The van der Waals surface area contributed by atoms with Crippen LogP contribution in [0.15, 0.2) is 42.9 Å². The summed E-state index contributed by atoms with van der Waals surface area (Å²) in [5.41, 5.74) is 2.28. The van der Waals surface area contributed by atoms with E-state index in [1.165, 1.54) is 18.6 Å². The van der Waals surface area contributed by atoms with Crippen LogP contribution in [0, 0.1) is 0 Å². The highest BCUT2D eigenvalue weighted by molar-refractivity contribution is 5.91. The first-order chi connectivity index (χ1) is 15.2. The molecule has 1 fully saturated rings. The van der Waals surface area contributed by atoms with E-state index in [2.05, 4.69) is 20.3 Å². The standard InChI is InChI=1S/C23H28N6O2/c30-21(11-2-1-6-12-26-23(31)19-16-24-13-14-25-19)29-15-7-5-10-20(29)22-27-17-8-3-4-9-18(17)28-22/h3-4,8-9,13-14,16,20H,1-2,5-7,10-12,15H2,(H,26,31)(H,27,28)/t20-/m0/s1. The Bertz CT molecular complexity index is 986. The van der Waals surface area contributed by atoms with Gasteiger partial charge in [0.1, 0.15) is 11.5 Å². The fraction of sp³-hybridized carbons (Fsp3) is 0.435. The van der Waals surface area contributed by atoms with Crippen LogP contribution >= 0.6 is 0 Å². The lowest BCUT2D eigenvalue weighted by atomic mass is 10.0. The van der Waals surface area contributed by atoms with Crippen LogP contribution in [0.4, 0.5) is 0 Å². The molecule has 1 atom stereocenters. The van der Waals surface area contributed by atoms with Crippen molar-refractivity contribution in [3.05, 3.63) is 54.4 Å². The molecule has 1 aromatic carbocycles. The van der Waals surface area contributed by atoms with Gasteiger partial charge in [0.05, 0.1) is 23.3 Å². The van der Waals surface area contributed by atoms with E-state index in [0.29, 0.717) is 18.7 Å². The van der Waals surface area contributed by atoms with Gasteiger partial charge in [0.2, 0.25) is 5.91 Å². The number of rotatable bonds is 8. The zero-order chi connectivity index (χ0) is 21.5. The normalized spacial score (nSPS) is 16.4. The smallest absolute Gasteiger partial charge is 0.271 e. The number of carbonyl (C=O) groups excluding carboxylic acids is 2. The third-order valence-corrected chi connectivity index (χ3v) is 5.70. The number of unbranched alkanes of at least 4 members (excludes halogenated alkanes) is 2. The number of hydrogen-bond donors (Lipinski definition) is 2. The van der Waals surface area contributed by atoms with Crippen LogP contribution in [0.3, 0.4) is 0 Å². The van der Waals surface area contributed by atoms with Gasteiger partial charge in [-0.2, -0.15) is 0 Å². The molecule has 162 valence electrons. The topological polar surface area (TPSA) is 104 Å². The Morgan fingerprint density at radius 2 is 2.03 bits per heavy atom. The molecule has 2 amide bonds. The van der Waals surface area contributed by atoms with Crippen molar-refractivity contribution in [3.63, 3.8) is 0 Å². The molecule has 1 saturated heterocycles. The molecule has 31 heavy (non-hydrogen) atoms. The van der Waals surface area contributed by atoms with Crippen molar-refractivity contribution in [2.24, 2.45) is 0 Å². The van der Waals surface area contributed by atoms with E-state index in [-0.39, 0.29) is 17.9 Å². The summed E-state index contributed by atoms with van der Waals surface area (Å²) in [5.74, 6) is 0.862. The van der Waals surface area contributed by atoms with E-state index >= 15 is 0 Å². The summed E-state index contributed by atoms with van der Waals surface area (Å²) >= 11 is 0. The van der Waals surface area contributed by atoms with Gasteiger partial charge in [-0.05, 0) is 44.2 Å². The van der Waals surface area contributed by atoms with Crippen LogP contribution in [0.1, 0.15) is 67.3 Å². The number of aromatic amines is 1. The molecule has 8 heteroatoms. The molecule has 0 aliphatic carbocycles. The Balaban J connectivity index is 1.23. The largest absolute Gasteiger partial charge is 0.351 e.